The van der Waals surface area contributed by atoms with Crippen LogP contribution in [0.2, 0.25) is 0 Å². The molecule has 0 aromatic rings. The third-order valence-corrected chi connectivity index (χ3v) is 7.33. The van der Waals surface area contributed by atoms with Gasteiger partial charge in [0.25, 0.3) is 0 Å². The molecule has 0 radical (unpaired) electrons. The molecular formula is C26H48O4. The second-order valence-corrected chi connectivity index (χ2v) is 9.71. The van der Waals surface area contributed by atoms with E-state index in [1.807, 2.05) is 0 Å². The zero-order valence-corrected chi connectivity index (χ0v) is 20.0. The normalized spacial score (nSPS) is 28.4. The van der Waals surface area contributed by atoms with Crippen molar-refractivity contribution in [2.24, 2.45) is 5.92 Å². The molecule has 0 spiro atoms. The fourth-order valence-corrected chi connectivity index (χ4v) is 5.22. The van der Waals surface area contributed by atoms with Gasteiger partial charge in [-0.1, -0.05) is 97.8 Å². The molecule has 1 N–H and O–H groups in total. The lowest BCUT2D eigenvalue weighted by molar-refractivity contribution is -0.145. The second-order valence-electron chi connectivity index (χ2n) is 9.71. The average molecular weight is 425 g/mol. The molecule has 0 saturated carbocycles. The molecular weight excluding hydrogens is 376 g/mol. The van der Waals surface area contributed by atoms with Crippen LogP contribution >= 0.6 is 0 Å². The molecule has 2 aliphatic heterocycles. The molecule has 5 unspecified atom stereocenters. The first-order valence-corrected chi connectivity index (χ1v) is 13.2. The Morgan fingerprint density at radius 1 is 0.800 bits per heavy atom. The molecule has 5 atom stereocenters. The summed E-state index contributed by atoms with van der Waals surface area (Å²) in [7, 11) is 0. The van der Waals surface area contributed by atoms with Crippen LogP contribution in [-0.4, -0.2) is 35.0 Å². The van der Waals surface area contributed by atoms with Crippen LogP contribution in [0, 0.1) is 5.92 Å². The minimum atomic E-state index is -0.885. The quantitative estimate of drug-likeness (QED) is 0.165. The van der Waals surface area contributed by atoms with Crippen LogP contribution in [0.4, 0.5) is 0 Å². The van der Waals surface area contributed by atoms with E-state index in [1.54, 1.807) is 0 Å². The minimum Gasteiger partial charge on any atom is -0.479 e. The van der Waals surface area contributed by atoms with Gasteiger partial charge in [-0.15, -0.1) is 0 Å². The standard InChI is InChI=1S/C26H48O4/c1-4-7-9-10-11-14-18-22-23(29-22)19-15-12-16-20-24-26(30-24,25(27)28)21(6-3)17-13-8-5-2/h21-24H,4-20H2,1-3H3,(H,27,28). The maximum Gasteiger partial charge on any atom is 0.339 e. The predicted molar refractivity (Wildman–Crippen MR) is 123 cm³/mol. The van der Waals surface area contributed by atoms with E-state index in [1.165, 1.54) is 70.6 Å². The van der Waals surface area contributed by atoms with Gasteiger partial charge in [0.15, 0.2) is 5.60 Å². The van der Waals surface area contributed by atoms with Gasteiger partial charge in [-0.25, -0.2) is 4.79 Å². The van der Waals surface area contributed by atoms with Crippen LogP contribution in [0.15, 0.2) is 0 Å². The van der Waals surface area contributed by atoms with Crippen molar-refractivity contribution in [2.45, 2.75) is 154 Å². The molecule has 2 saturated heterocycles. The molecule has 0 amide bonds. The molecule has 0 aromatic carbocycles. The van der Waals surface area contributed by atoms with Gasteiger partial charge in [0.2, 0.25) is 0 Å². The summed E-state index contributed by atoms with van der Waals surface area (Å²) in [5, 5.41) is 9.83. The summed E-state index contributed by atoms with van der Waals surface area (Å²) in [4.78, 5) is 12.0. The average Bonchev–Trinajstić information content (AvgIpc) is 3.64. The number of carbonyl (C=O) groups is 1. The Bertz CT molecular complexity index is 480. The largest absolute Gasteiger partial charge is 0.479 e. The lowest BCUT2D eigenvalue weighted by Crippen LogP contribution is -2.36. The lowest BCUT2D eigenvalue weighted by atomic mass is 9.82. The van der Waals surface area contributed by atoms with Crippen LogP contribution in [-0.2, 0) is 14.3 Å². The van der Waals surface area contributed by atoms with E-state index < -0.39 is 11.6 Å². The van der Waals surface area contributed by atoms with E-state index >= 15 is 0 Å². The molecule has 2 heterocycles. The van der Waals surface area contributed by atoms with E-state index in [2.05, 4.69) is 20.8 Å². The second kappa shape index (κ2) is 13.7. The maximum absolute atomic E-state index is 12.0. The van der Waals surface area contributed by atoms with Gasteiger partial charge in [0.1, 0.15) is 0 Å². The zero-order chi connectivity index (χ0) is 21.8. The molecule has 0 aromatic heterocycles. The smallest absolute Gasteiger partial charge is 0.339 e. The molecule has 30 heavy (non-hydrogen) atoms. The van der Waals surface area contributed by atoms with Crippen molar-refractivity contribution in [3.8, 4) is 0 Å². The van der Waals surface area contributed by atoms with Crippen molar-refractivity contribution in [3.05, 3.63) is 0 Å². The third-order valence-electron chi connectivity index (χ3n) is 7.33. The van der Waals surface area contributed by atoms with Gasteiger partial charge in [-0.2, -0.15) is 0 Å². The van der Waals surface area contributed by atoms with Gasteiger partial charge in [-0.3, -0.25) is 0 Å². The molecule has 2 fully saturated rings. The summed E-state index contributed by atoms with van der Waals surface area (Å²) in [6.45, 7) is 6.56. The molecule has 4 heteroatoms. The highest BCUT2D eigenvalue weighted by Crippen LogP contribution is 2.49. The van der Waals surface area contributed by atoms with E-state index in [0.717, 1.165) is 38.5 Å². The summed E-state index contributed by atoms with van der Waals surface area (Å²) >= 11 is 0. The topological polar surface area (TPSA) is 62.4 Å². The number of hydrogen-bond donors (Lipinski definition) is 1. The number of rotatable bonds is 20. The SMILES string of the molecule is CCCCCCCCC1OC1CCCCCC1OC1(C(=O)O)C(CC)CCCCC. The molecule has 2 aliphatic rings. The number of unbranched alkanes of at least 4 members (excludes halogenated alkanes) is 9. The third kappa shape index (κ3) is 7.82. The van der Waals surface area contributed by atoms with Crippen molar-refractivity contribution in [1.82, 2.24) is 0 Å². The molecule has 0 aliphatic carbocycles. The van der Waals surface area contributed by atoms with Crippen molar-refractivity contribution >= 4 is 5.97 Å². The Labute approximate surface area is 185 Å². The summed E-state index contributed by atoms with van der Waals surface area (Å²) < 4.78 is 11.7. The Kier molecular flexibility index (Phi) is 11.7. The van der Waals surface area contributed by atoms with E-state index in [9.17, 15) is 9.90 Å². The van der Waals surface area contributed by atoms with Crippen molar-refractivity contribution in [2.75, 3.05) is 0 Å². The Morgan fingerprint density at radius 3 is 1.93 bits per heavy atom. The van der Waals surface area contributed by atoms with Crippen molar-refractivity contribution in [3.63, 3.8) is 0 Å². The monoisotopic (exact) mass is 424 g/mol. The summed E-state index contributed by atoms with van der Waals surface area (Å²) in [6, 6.07) is 0. The Hall–Kier alpha value is -0.610. The predicted octanol–water partition coefficient (Wildman–Crippen LogP) is 7.28. The highest BCUT2D eigenvalue weighted by atomic mass is 16.6. The first kappa shape index (κ1) is 25.6. The minimum absolute atomic E-state index is 0.0702. The Morgan fingerprint density at radius 2 is 1.33 bits per heavy atom. The van der Waals surface area contributed by atoms with Crippen LogP contribution in [0.5, 0.6) is 0 Å². The molecule has 4 nitrogen and oxygen atoms in total. The van der Waals surface area contributed by atoms with Gasteiger partial charge >= 0.3 is 5.97 Å². The van der Waals surface area contributed by atoms with Gasteiger partial charge in [-0.05, 0) is 32.1 Å². The molecule has 2 rings (SSSR count). The first-order valence-electron chi connectivity index (χ1n) is 13.2. The summed E-state index contributed by atoms with van der Waals surface area (Å²) in [6.07, 6.45) is 21.1. The van der Waals surface area contributed by atoms with Crippen molar-refractivity contribution in [1.29, 1.82) is 0 Å². The van der Waals surface area contributed by atoms with Crippen molar-refractivity contribution < 1.29 is 19.4 Å². The maximum atomic E-state index is 12.0. The Balaban J connectivity index is 1.52. The number of ether oxygens (including phenoxy) is 2. The number of epoxide rings is 2. The van der Waals surface area contributed by atoms with Crippen LogP contribution in [0.25, 0.3) is 0 Å². The van der Waals surface area contributed by atoms with E-state index in [-0.39, 0.29) is 12.0 Å². The van der Waals surface area contributed by atoms with E-state index in [0.29, 0.717) is 12.2 Å². The highest BCUT2D eigenvalue weighted by Gasteiger charge is 2.65. The fraction of sp³-hybridized carbons (Fsp3) is 0.962. The first-order chi connectivity index (χ1) is 14.6. The lowest BCUT2D eigenvalue weighted by Gasteiger charge is -2.20. The number of carboxylic acids is 1. The zero-order valence-electron chi connectivity index (χ0n) is 20.0. The summed E-state index contributed by atoms with van der Waals surface area (Å²) in [5.74, 6) is -0.575. The molecule has 0 bridgehead atoms. The number of carboxylic acid groups (broad SMARTS) is 1. The number of aliphatic carboxylic acids is 1. The van der Waals surface area contributed by atoms with Gasteiger partial charge in [0.05, 0.1) is 18.3 Å². The van der Waals surface area contributed by atoms with Crippen LogP contribution < -0.4 is 0 Å². The molecule has 176 valence electrons. The van der Waals surface area contributed by atoms with Gasteiger partial charge < -0.3 is 14.6 Å². The highest BCUT2D eigenvalue weighted by molar-refractivity contribution is 5.82. The van der Waals surface area contributed by atoms with Gasteiger partial charge in [0, 0.05) is 5.92 Å². The number of hydrogen-bond acceptors (Lipinski definition) is 3. The summed E-state index contributed by atoms with van der Waals surface area (Å²) in [5.41, 5.74) is -0.885. The van der Waals surface area contributed by atoms with E-state index in [4.69, 9.17) is 9.47 Å². The van der Waals surface area contributed by atoms with Crippen LogP contribution in [0.3, 0.4) is 0 Å². The fourth-order valence-electron chi connectivity index (χ4n) is 5.22. The van der Waals surface area contributed by atoms with Crippen LogP contribution in [0.1, 0.15) is 130 Å².